The van der Waals surface area contributed by atoms with E-state index in [9.17, 15) is 8.42 Å². The second kappa shape index (κ2) is 6.39. The van der Waals surface area contributed by atoms with Gasteiger partial charge in [-0.1, -0.05) is 23.2 Å². The average Bonchev–Trinajstić information content (AvgIpc) is 2.43. The van der Waals surface area contributed by atoms with E-state index in [0.29, 0.717) is 15.9 Å². The first-order valence-corrected chi connectivity index (χ1v) is 8.54. The highest BCUT2D eigenvalue weighted by Gasteiger charge is 2.17. The molecule has 0 saturated heterocycles. The molecule has 2 aromatic rings. The van der Waals surface area contributed by atoms with Crippen molar-refractivity contribution < 1.29 is 13.2 Å². The number of nitrogens with one attached hydrogen (secondary N) is 1. The van der Waals surface area contributed by atoms with Crippen LogP contribution in [0.1, 0.15) is 0 Å². The fourth-order valence-corrected chi connectivity index (χ4v) is 3.25. The summed E-state index contributed by atoms with van der Waals surface area (Å²) in [4.78, 5) is 3.63. The van der Waals surface area contributed by atoms with Crippen molar-refractivity contribution in [1.82, 2.24) is 4.98 Å². The topological polar surface area (TPSA) is 68.3 Å². The molecule has 0 unspecified atom stereocenters. The zero-order chi connectivity index (χ0) is 15.6. The summed E-state index contributed by atoms with van der Waals surface area (Å²) in [5, 5.41) is 0.105. The number of halogens is 3. The summed E-state index contributed by atoms with van der Waals surface area (Å²) in [6, 6.07) is 6.04. The number of ether oxygens (including phenoxy) is 1. The summed E-state index contributed by atoms with van der Waals surface area (Å²) in [6.45, 7) is 0. The second-order valence-corrected chi connectivity index (χ2v) is 7.20. The van der Waals surface area contributed by atoms with Crippen LogP contribution in [0.4, 0.5) is 5.69 Å². The van der Waals surface area contributed by atoms with Gasteiger partial charge in [-0.3, -0.25) is 4.72 Å². The molecule has 0 atom stereocenters. The van der Waals surface area contributed by atoms with Gasteiger partial charge in [0.05, 0.1) is 22.3 Å². The van der Waals surface area contributed by atoms with Crippen LogP contribution in [0.25, 0.3) is 0 Å². The lowest BCUT2D eigenvalue weighted by Gasteiger charge is -2.10. The van der Waals surface area contributed by atoms with Gasteiger partial charge >= 0.3 is 0 Å². The smallest absolute Gasteiger partial charge is 0.263 e. The summed E-state index contributed by atoms with van der Waals surface area (Å²) in [7, 11) is -2.33. The van der Waals surface area contributed by atoms with E-state index in [-0.39, 0.29) is 15.1 Å². The molecular formula is C12H9BrCl2N2O3S. The lowest BCUT2D eigenvalue weighted by atomic mass is 10.3. The summed E-state index contributed by atoms with van der Waals surface area (Å²) in [5.74, 6) is 0.502. The number of pyridine rings is 1. The normalized spacial score (nSPS) is 11.2. The zero-order valence-corrected chi connectivity index (χ0v) is 14.5. The number of hydrogen-bond acceptors (Lipinski definition) is 4. The molecule has 0 aliphatic rings. The Balaban J connectivity index is 2.35. The Morgan fingerprint density at radius 1 is 1.29 bits per heavy atom. The first kappa shape index (κ1) is 16.4. The number of nitrogens with zero attached hydrogens (tertiary/aromatic N) is 1. The summed E-state index contributed by atoms with van der Waals surface area (Å²) >= 11 is 14.7. The molecule has 0 spiro atoms. The molecule has 5 nitrogen and oxygen atoms in total. The third kappa shape index (κ3) is 3.79. The molecule has 0 aliphatic carbocycles. The van der Waals surface area contributed by atoms with Crippen LogP contribution < -0.4 is 9.46 Å². The molecule has 0 bridgehead atoms. The number of anilines is 1. The summed E-state index contributed by atoms with van der Waals surface area (Å²) < 4.78 is 32.7. The Morgan fingerprint density at radius 3 is 2.62 bits per heavy atom. The Labute approximate surface area is 140 Å². The molecule has 1 N–H and O–H groups in total. The van der Waals surface area contributed by atoms with Crippen LogP contribution in [0.5, 0.6) is 5.75 Å². The standard InChI is InChI=1S/C12H9BrCl2N2O3S/c1-20-11-4-7(2-3-9(11)13)17-21(18,19)8-5-10(14)12(15)16-6-8/h2-6,17H,1H3. The van der Waals surface area contributed by atoms with Gasteiger partial charge in [0.2, 0.25) is 0 Å². The van der Waals surface area contributed by atoms with E-state index >= 15 is 0 Å². The average molecular weight is 412 g/mol. The first-order valence-electron chi connectivity index (χ1n) is 5.51. The number of aromatic nitrogens is 1. The third-order valence-corrected chi connectivity index (χ3v) is 5.17. The lowest BCUT2D eigenvalue weighted by molar-refractivity contribution is 0.412. The molecule has 1 heterocycles. The van der Waals surface area contributed by atoms with Gasteiger partial charge in [-0.05, 0) is 34.1 Å². The SMILES string of the molecule is COc1cc(NS(=O)(=O)c2cnc(Cl)c(Cl)c2)ccc1Br. The highest BCUT2D eigenvalue weighted by atomic mass is 79.9. The van der Waals surface area contributed by atoms with Gasteiger partial charge in [-0.2, -0.15) is 0 Å². The van der Waals surface area contributed by atoms with Gasteiger partial charge in [0.25, 0.3) is 10.0 Å². The van der Waals surface area contributed by atoms with E-state index in [4.69, 9.17) is 27.9 Å². The Bertz CT molecular complexity index is 784. The molecule has 0 aliphatic heterocycles. The highest BCUT2D eigenvalue weighted by molar-refractivity contribution is 9.10. The molecule has 1 aromatic carbocycles. The molecular weight excluding hydrogens is 403 g/mol. The molecule has 0 radical (unpaired) electrons. The maximum atomic E-state index is 12.2. The Morgan fingerprint density at radius 2 is 2.00 bits per heavy atom. The van der Waals surface area contributed by atoms with Crippen LogP contribution in [-0.2, 0) is 10.0 Å². The van der Waals surface area contributed by atoms with Crippen LogP contribution in [0.15, 0.2) is 39.8 Å². The van der Waals surface area contributed by atoms with Crippen LogP contribution in [-0.4, -0.2) is 20.5 Å². The summed E-state index contributed by atoms with van der Waals surface area (Å²) in [6.07, 6.45) is 1.13. The van der Waals surface area contributed by atoms with Crippen molar-refractivity contribution in [1.29, 1.82) is 0 Å². The predicted octanol–water partition coefficient (Wildman–Crippen LogP) is 3.96. The van der Waals surface area contributed by atoms with Gasteiger partial charge < -0.3 is 4.74 Å². The largest absolute Gasteiger partial charge is 0.495 e. The van der Waals surface area contributed by atoms with Crippen molar-refractivity contribution in [2.45, 2.75) is 4.90 Å². The fraction of sp³-hybridized carbons (Fsp3) is 0.0833. The second-order valence-electron chi connectivity index (χ2n) is 3.90. The van der Waals surface area contributed by atoms with E-state index in [2.05, 4.69) is 25.6 Å². The van der Waals surface area contributed by atoms with Crippen molar-refractivity contribution in [3.63, 3.8) is 0 Å². The van der Waals surface area contributed by atoms with Crippen molar-refractivity contribution >= 4 is 54.8 Å². The molecule has 0 fully saturated rings. The van der Waals surface area contributed by atoms with Gasteiger partial charge in [0.15, 0.2) is 0 Å². The Hall–Kier alpha value is -1.02. The van der Waals surface area contributed by atoms with E-state index < -0.39 is 10.0 Å². The van der Waals surface area contributed by atoms with Crippen LogP contribution in [0.3, 0.4) is 0 Å². The molecule has 112 valence electrons. The maximum absolute atomic E-state index is 12.2. The number of sulfonamides is 1. The molecule has 1 aromatic heterocycles. The van der Waals surface area contributed by atoms with Gasteiger partial charge in [0.1, 0.15) is 15.8 Å². The molecule has 0 saturated carbocycles. The number of hydrogen-bond donors (Lipinski definition) is 1. The van der Waals surface area contributed by atoms with E-state index in [1.807, 2.05) is 0 Å². The fourth-order valence-electron chi connectivity index (χ4n) is 1.49. The van der Waals surface area contributed by atoms with Crippen LogP contribution >= 0.6 is 39.1 Å². The summed E-state index contributed by atoms with van der Waals surface area (Å²) in [5.41, 5.74) is 0.348. The monoisotopic (exact) mass is 410 g/mol. The zero-order valence-electron chi connectivity index (χ0n) is 10.6. The van der Waals surface area contributed by atoms with Crippen molar-refractivity contribution in [2.24, 2.45) is 0 Å². The lowest BCUT2D eigenvalue weighted by Crippen LogP contribution is -2.13. The van der Waals surface area contributed by atoms with Crippen molar-refractivity contribution in [3.8, 4) is 5.75 Å². The van der Waals surface area contributed by atoms with Gasteiger partial charge in [-0.25, -0.2) is 13.4 Å². The number of methoxy groups -OCH3 is 1. The van der Waals surface area contributed by atoms with Gasteiger partial charge in [-0.15, -0.1) is 0 Å². The third-order valence-electron chi connectivity index (χ3n) is 2.48. The minimum atomic E-state index is -3.82. The van der Waals surface area contributed by atoms with Crippen LogP contribution in [0.2, 0.25) is 10.2 Å². The van der Waals surface area contributed by atoms with Crippen LogP contribution in [0, 0.1) is 0 Å². The Kier molecular flexibility index (Phi) is 4.98. The van der Waals surface area contributed by atoms with E-state index in [1.54, 1.807) is 18.2 Å². The minimum Gasteiger partial charge on any atom is -0.495 e. The predicted molar refractivity (Wildman–Crippen MR) is 85.8 cm³/mol. The first-order chi connectivity index (χ1) is 9.83. The van der Waals surface area contributed by atoms with Crippen molar-refractivity contribution in [3.05, 3.63) is 45.1 Å². The maximum Gasteiger partial charge on any atom is 0.263 e. The van der Waals surface area contributed by atoms with Crippen molar-refractivity contribution in [2.75, 3.05) is 11.8 Å². The minimum absolute atomic E-state index is 0.0425. The molecule has 0 amide bonds. The van der Waals surface area contributed by atoms with E-state index in [1.165, 1.54) is 13.2 Å². The molecule has 21 heavy (non-hydrogen) atoms. The van der Waals surface area contributed by atoms with E-state index in [0.717, 1.165) is 6.20 Å². The number of benzene rings is 1. The quantitative estimate of drug-likeness (QED) is 0.773. The highest BCUT2D eigenvalue weighted by Crippen LogP contribution is 2.29. The van der Waals surface area contributed by atoms with Gasteiger partial charge in [0, 0.05) is 12.3 Å². The molecule has 9 heteroatoms. The molecule has 2 rings (SSSR count). The number of rotatable bonds is 4.